The third kappa shape index (κ3) is 6.82. The predicted octanol–water partition coefficient (Wildman–Crippen LogP) is 4.42. The smallest absolute Gasteiger partial charge is 0.194 e. The third-order valence-corrected chi connectivity index (χ3v) is 5.10. The largest absolute Gasteiger partial charge is 0.357 e. The molecule has 0 bridgehead atoms. The van der Waals surface area contributed by atoms with Crippen molar-refractivity contribution in [1.29, 1.82) is 0 Å². The van der Waals surface area contributed by atoms with Gasteiger partial charge in [-0.15, -0.1) is 46.7 Å². The van der Waals surface area contributed by atoms with E-state index in [9.17, 15) is 0 Å². The van der Waals surface area contributed by atoms with Gasteiger partial charge in [-0.25, -0.2) is 15.0 Å². The van der Waals surface area contributed by atoms with Gasteiger partial charge < -0.3 is 10.2 Å². The van der Waals surface area contributed by atoms with Crippen LogP contribution >= 0.6 is 46.7 Å². The van der Waals surface area contributed by atoms with Crippen molar-refractivity contribution >= 4 is 52.6 Å². The highest BCUT2D eigenvalue weighted by molar-refractivity contribution is 14.0. The number of nitrogens with one attached hydrogen (secondary N) is 1. The summed E-state index contributed by atoms with van der Waals surface area (Å²) in [6.45, 7) is 12.9. The molecule has 2 heterocycles. The van der Waals surface area contributed by atoms with E-state index in [1.165, 1.54) is 0 Å². The number of hydrogen-bond donors (Lipinski definition) is 1. The minimum absolute atomic E-state index is 0. The molecule has 2 rings (SSSR count). The fraction of sp³-hybridized carbons (Fsp3) is 0.588. The lowest BCUT2D eigenvalue weighted by molar-refractivity contribution is 0.470. The Bertz CT molecular complexity index is 687. The van der Waals surface area contributed by atoms with Crippen molar-refractivity contribution in [2.24, 2.45) is 4.99 Å². The summed E-state index contributed by atoms with van der Waals surface area (Å²) in [5, 5.41) is 9.73. The molecule has 0 spiro atoms. The van der Waals surface area contributed by atoms with Gasteiger partial charge in [0.25, 0.3) is 0 Å². The molecule has 0 aliphatic rings. The van der Waals surface area contributed by atoms with Crippen LogP contribution in [0.5, 0.6) is 0 Å². The summed E-state index contributed by atoms with van der Waals surface area (Å²) in [6, 6.07) is 0. The Balaban J connectivity index is 0.00000312. The maximum absolute atomic E-state index is 4.74. The molecule has 2 aromatic heterocycles. The second-order valence-corrected chi connectivity index (χ2v) is 8.77. The van der Waals surface area contributed by atoms with Crippen molar-refractivity contribution in [2.75, 3.05) is 13.6 Å². The summed E-state index contributed by atoms with van der Waals surface area (Å²) in [6.07, 6.45) is 0. The molecular weight excluding hydrogens is 465 g/mol. The minimum Gasteiger partial charge on any atom is -0.357 e. The lowest BCUT2D eigenvalue weighted by Crippen LogP contribution is -2.38. The van der Waals surface area contributed by atoms with Crippen LogP contribution in [0.4, 0.5) is 0 Å². The second kappa shape index (κ2) is 9.82. The van der Waals surface area contributed by atoms with Gasteiger partial charge in [0.05, 0.1) is 29.5 Å². The van der Waals surface area contributed by atoms with Gasteiger partial charge in [0.2, 0.25) is 0 Å². The molecule has 140 valence electrons. The van der Waals surface area contributed by atoms with Crippen LogP contribution in [-0.4, -0.2) is 34.4 Å². The molecule has 0 saturated heterocycles. The van der Waals surface area contributed by atoms with Crippen LogP contribution in [-0.2, 0) is 18.5 Å². The molecular formula is C17H28IN5S2. The van der Waals surface area contributed by atoms with E-state index in [0.29, 0.717) is 6.54 Å². The Hall–Kier alpha value is -0.740. The molecule has 0 unspecified atom stereocenters. The molecule has 0 aliphatic carbocycles. The van der Waals surface area contributed by atoms with Crippen LogP contribution in [0.25, 0.3) is 0 Å². The number of guanidine groups is 1. The minimum atomic E-state index is 0. The monoisotopic (exact) mass is 493 g/mol. The van der Waals surface area contributed by atoms with Crippen molar-refractivity contribution < 1.29 is 0 Å². The normalized spacial score (nSPS) is 12.0. The number of hydrogen-bond acceptors (Lipinski definition) is 5. The molecule has 25 heavy (non-hydrogen) atoms. The van der Waals surface area contributed by atoms with Crippen molar-refractivity contribution in [3.63, 3.8) is 0 Å². The van der Waals surface area contributed by atoms with E-state index in [1.807, 2.05) is 14.0 Å². The van der Waals surface area contributed by atoms with Crippen molar-refractivity contribution in [3.8, 4) is 0 Å². The highest BCUT2D eigenvalue weighted by Gasteiger charge is 2.17. The zero-order valence-corrected chi connectivity index (χ0v) is 19.8. The zero-order valence-electron chi connectivity index (χ0n) is 15.8. The topological polar surface area (TPSA) is 53.4 Å². The number of nitrogens with zero attached hydrogens (tertiary/aromatic N) is 4. The molecule has 5 nitrogen and oxygen atoms in total. The van der Waals surface area contributed by atoms with Gasteiger partial charge in [-0.1, -0.05) is 20.8 Å². The fourth-order valence-electron chi connectivity index (χ4n) is 2.14. The quantitative estimate of drug-likeness (QED) is 0.381. The van der Waals surface area contributed by atoms with Crippen LogP contribution in [0, 0.1) is 6.92 Å². The zero-order chi connectivity index (χ0) is 17.7. The number of thiazole rings is 2. The van der Waals surface area contributed by atoms with Gasteiger partial charge in [0.15, 0.2) is 5.96 Å². The van der Waals surface area contributed by atoms with Gasteiger partial charge in [-0.2, -0.15) is 0 Å². The predicted molar refractivity (Wildman–Crippen MR) is 119 cm³/mol. The summed E-state index contributed by atoms with van der Waals surface area (Å²) < 4.78 is 0. The number of aromatic nitrogens is 2. The first-order valence-corrected chi connectivity index (χ1v) is 9.91. The summed E-state index contributed by atoms with van der Waals surface area (Å²) in [7, 11) is 2.04. The summed E-state index contributed by atoms with van der Waals surface area (Å²) in [5.74, 6) is 0.885. The number of halogens is 1. The molecule has 1 N–H and O–H groups in total. The van der Waals surface area contributed by atoms with Crippen molar-refractivity contribution in [1.82, 2.24) is 20.2 Å². The van der Waals surface area contributed by atoms with Crippen molar-refractivity contribution in [2.45, 2.75) is 53.1 Å². The van der Waals surface area contributed by atoms with E-state index in [-0.39, 0.29) is 29.4 Å². The maximum Gasteiger partial charge on any atom is 0.194 e. The highest BCUT2D eigenvalue weighted by Crippen LogP contribution is 2.24. The summed E-state index contributed by atoms with van der Waals surface area (Å²) in [5.41, 5.74) is 2.30. The molecule has 2 aromatic rings. The molecule has 8 heteroatoms. The SMILES string of the molecule is CCNC(=NCc1nc(C(C)(C)C)cs1)N(C)Cc1csc(C)n1.I. The Kier molecular flexibility index (Phi) is 8.76. The van der Waals surface area contributed by atoms with Crippen LogP contribution in [0.3, 0.4) is 0 Å². The first-order valence-electron chi connectivity index (χ1n) is 8.15. The first kappa shape index (κ1) is 22.3. The molecule has 0 radical (unpaired) electrons. The Morgan fingerprint density at radius 3 is 2.48 bits per heavy atom. The van der Waals surface area contributed by atoms with Crippen LogP contribution in [0.15, 0.2) is 15.8 Å². The molecule has 0 amide bonds. The summed E-state index contributed by atoms with van der Waals surface area (Å²) in [4.78, 5) is 16.1. The maximum atomic E-state index is 4.74. The summed E-state index contributed by atoms with van der Waals surface area (Å²) >= 11 is 3.36. The Morgan fingerprint density at radius 2 is 1.96 bits per heavy atom. The van der Waals surface area contributed by atoms with E-state index in [1.54, 1.807) is 22.7 Å². The lowest BCUT2D eigenvalue weighted by atomic mass is 9.93. The fourth-order valence-corrected chi connectivity index (χ4v) is 3.69. The van der Waals surface area contributed by atoms with E-state index >= 15 is 0 Å². The molecule has 0 fully saturated rings. The Morgan fingerprint density at radius 1 is 1.24 bits per heavy atom. The molecule has 0 aromatic carbocycles. The van der Waals surface area contributed by atoms with Crippen molar-refractivity contribution in [3.05, 3.63) is 32.2 Å². The van der Waals surface area contributed by atoms with Crippen LogP contribution < -0.4 is 5.32 Å². The molecule has 0 aliphatic heterocycles. The second-order valence-electron chi connectivity index (χ2n) is 6.76. The Labute approximate surface area is 176 Å². The van der Waals surface area contributed by atoms with Gasteiger partial charge in [-0.05, 0) is 13.8 Å². The van der Waals surface area contributed by atoms with Gasteiger partial charge in [0.1, 0.15) is 5.01 Å². The standard InChI is InChI=1S/C17H27N5S2.HI/c1-7-18-16(22(6)9-13-10-23-12(2)20-13)19-8-15-21-14(11-24-15)17(3,4)5;/h10-11H,7-9H2,1-6H3,(H,18,19);1H. The van der Waals surface area contributed by atoms with E-state index < -0.39 is 0 Å². The number of rotatable bonds is 5. The number of aryl methyl sites for hydroxylation is 1. The third-order valence-electron chi connectivity index (χ3n) is 3.45. The van der Waals surface area contributed by atoms with Crippen LogP contribution in [0.1, 0.15) is 49.1 Å². The molecule has 0 saturated carbocycles. The van der Waals surface area contributed by atoms with Gasteiger partial charge in [0, 0.05) is 29.8 Å². The lowest BCUT2D eigenvalue weighted by Gasteiger charge is -2.21. The average molecular weight is 493 g/mol. The average Bonchev–Trinajstić information content (AvgIpc) is 3.12. The van der Waals surface area contributed by atoms with Crippen LogP contribution in [0.2, 0.25) is 0 Å². The molecule has 0 atom stereocenters. The van der Waals surface area contributed by atoms with Gasteiger partial charge in [-0.3, -0.25) is 0 Å². The van der Waals surface area contributed by atoms with Gasteiger partial charge >= 0.3 is 0 Å². The first-order chi connectivity index (χ1) is 11.3. The number of aliphatic imine (C=N–C) groups is 1. The van der Waals surface area contributed by atoms with E-state index in [2.05, 4.69) is 53.7 Å². The highest BCUT2D eigenvalue weighted by atomic mass is 127. The van der Waals surface area contributed by atoms with E-state index in [0.717, 1.165) is 40.5 Å². The van der Waals surface area contributed by atoms with E-state index in [4.69, 9.17) is 9.98 Å².